The first-order chi connectivity index (χ1) is 7.19. The van der Waals surface area contributed by atoms with Gasteiger partial charge < -0.3 is 0 Å². The molecule has 0 saturated carbocycles. The Morgan fingerprint density at radius 1 is 1.20 bits per heavy atom. The van der Waals surface area contributed by atoms with Gasteiger partial charge >= 0.3 is 0 Å². The summed E-state index contributed by atoms with van der Waals surface area (Å²) >= 11 is 0. The van der Waals surface area contributed by atoms with Crippen LogP contribution >= 0.6 is 0 Å². The average Bonchev–Trinajstić information content (AvgIpc) is 2.26. The molecule has 0 aliphatic carbocycles. The molecule has 1 unspecified atom stereocenters. The van der Waals surface area contributed by atoms with E-state index in [4.69, 9.17) is 0 Å². The van der Waals surface area contributed by atoms with Crippen molar-refractivity contribution in [2.45, 2.75) is 39.3 Å². The van der Waals surface area contributed by atoms with Gasteiger partial charge in [0, 0.05) is 38.3 Å². The second kappa shape index (κ2) is 6.12. The fraction of sp³-hybridized carbons (Fsp3) is 0.769. The zero-order chi connectivity index (χ0) is 11.3. The van der Waals surface area contributed by atoms with E-state index in [1.807, 2.05) is 0 Å². The summed E-state index contributed by atoms with van der Waals surface area (Å²) < 4.78 is 0. The van der Waals surface area contributed by atoms with Gasteiger partial charge in [0.05, 0.1) is 0 Å². The van der Waals surface area contributed by atoms with Crippen molar-refractivity contribution >= 4 is 0 Å². The maximum Gasteiger partial charge on any atom is 0.0350 e. The van der Waals surface area contributed by atoms with E-state index in [0.29, 0.717) is 12.1 Å². The summed E-state index contributed by atoms with van der Waals surface area (Å²) in [6.07, 6.45) is 3.26. The molecule has 86 valence electrons. The number of rotatable bonds is 4. The molecule has 0 aromatic rings. The maximum absolute atomic E-state index is 3.67. The molecule has 0 radical (unpaired) electrons. The molecule has 1 aliphatic heterocycles. The predicted molar refractivity (Wildman–Crippen MR) is 66.1 cm³/mol. The van der Waals surface area contributed by atoms with Crippen LogP contribution in [0.4, 0.5) is 0 Å². The zero-order valence-electron chi connectivity index (χ0n) is 10.4. The summed E-state index contributed by atoms with van der Waals surface area (Å²) in [5.41, 5.74) is 2.92. The Bertz CT molecular complexity index is 221. The van der Waals surface area contributed by atoms with Crippen LogP contribution in [0.2, 0.25) is 0 Å². The Hall–Kier alpha value is -0.560. The summed E-state index contributed by atoms with van der Waals surface area (Å²) in [7, 11) is 0. The molecule has 0 amide bonds. The Morgan fingerprint density at radius 2 is 1.73 bits per heavy atom. The third-order valence-electron chi connectivity index (χ3n) is 3.28. The highest BCUT2D eigenvalue weighted by molar-refractivity contribution is 4.92. The van der Waals surface area contributed by atoms with Gasteiger partial charge in [0.15, 0.2) is 0 Å². The number of hydrogen-bond acceptors (Lipinski definition) is 2. The molecule has 1 aliphatic rings. The second-order valence-corrected chi connectivity index (χ2v) is 4.51. The minimum absolute atomic E-state index is 0.539. The summed E-state index contributed by atoms with van der Waals surface area (Å²) in [6.45, 7) is 15.2. The molecule has 1 rings (SSSR count). The van der Waals surface area contributed by atoms with Crippen molar-refractivity contribution in [2.24, 2.45) is 0 Å². The lowest BCUT2D eigenvalue weighted by molar-refractivity contribution is 0.0903. The Balaban J connectivity index is 2.45. The summed E-state index contributed by atoms with van der Waals surface area (Å²) in [5, 5.41) is 0. The molecule has 0 bridgehead atoms. The fourth-order valence-corrected chi connectivity index (χ4v) is 2.20. The van der Waals surface area contributed by atoms with Gasteiger partial charge in [-0.05, 0) is 26.3 Å². The van der Waals surface area contributed by atoms with Crippen LogP contribution in [-0.4, -0.2) is 48.1 Å². The SMILES string of the molecule is C=C=CC(CC)N1CCN(C(C)C)CC1. The lowest BCUT2D eigenvalue weighted by Gasteiger charge is -2.39. The van der Waals surface area contributed by atoms with E-state index in [1.165, 1.54) is 26.2 Å². The van der Waals surface area contributed by atoms with Gasteiger partial charge in [-0.1, -0.05) is 13.5 Å². The minimum Gasteiger partial charge on any atom is -0.298 e. The molecule has 15 heavy (non-hydrogen) atoms. The predicted octanol–water partition coefficient (Wildman–Crippen LogP) is 2.13. The van der Waals surface area contributed by atoms with Crippen molar-refractivity contribution in [3.05, 3.63) is 18.4 Å². The number of piperazine rings is 1. The van der Waals surface area contributed by atoms with Crippen molar-refractivity contribution in [1.29, 1.82) is 0 Å². The van der Waals surface area contributed by atoms with Crippen LogP contribution in [0.3, 0.4) is 0 Å². The van der Waals surface area contributed by atoms with Gasteiger partial charge in [-0.2, -0.15) is 0 Å². The van der Waals surface area contributed by atoms with E-state index in [1.54, 1.807) is 0 Å². The van der Waals surface area contributed by atoms with Crippen LogP contribution in [0, 0.1) is 0 Å². The lowest BCUT2D eigenvalue weighted by atomic mass is 10.1. The van der Waals surface area contributed by atoms with Crippen LogP contribution in [0.15, 0.2) is 18.4 Å². The molecule has 0 aromatic heterocycles. The largest absolute Gasteiger partial charge is 0.298 e. The van der Waals surface area contributed by atoms with E-state index in [0.717, 1.165) is 6.42 Å². The molecule has 0 aromatic carbocycles. The van der Waals surface area contributed by atoms with E-state index < -0.39 is 0 Å². The van der Waals surface area contributed by atoms with Crippen molar-refractivity contribution in [2.75, 3.05) is 26.2 Å². The molecule has 2 nitrogen and oxygen atoms in total. The Morgan fingerprint density at radius 3 is 2.13 bits per heavy atom. The molecule has 0 spiro atoms. The van der Waals surface area contributed by atoms with Gasteiger partial charge in [0.25, 0.3) is 0 Å². The smallest absolute Gasteiger partial charge is 0.0350 e. The average molecular weight is 208 g/mol. The van der Waals surface area contributed by atoms with E-state index in [2.05, 4.69) is 49.0 Å². The molecule has 0 N–H and O–H groups in total. The normalized spacial score (nSPS) is 21.3. The maximum atomic E-state index is 3.67. The van der Waals surface area contributed by atoms with E-state index in [-0.39, 0.29) is 0 Å². The second-order valence-electron chi connectivity index (χ2n) is 4.51. The van der Waals surface area contributed by atoms with Crippen LogP contribution in [0.25, 0.3) is 0 Å². The molecule has 1 atom stereocenters. The summed E-state index contributed by atoms with van der Waals surface area (Å²) in [6, 6.07) is 1.22. The van der Waals surface area contributed by atoms with Crippen molar-refractivity contribution in [3.8, 4) is 0 Å². The van der Waals surface area contributed by atoms with Gasteiger partial charge in [0.1, 0.15) is 0 Å². The Kier molecular flexibility index (Phi) is 5.10. The lowest BCUT2D eigenvalue weighted by Crippen LogP contribution is -2.51. The quantitative estimate of drug-likeness (QED) is 0.653. The monoisotopic (exact) mass is 208 g/mol. The third-order valence-corrected chi connectivity index (χ3v) is 3.28. The summed E-state index contributed by atoms with van der Waals surface area (Å²) in [4.78, 5) is 5.08. The Labute approximate surface area is 94.3 Å². The highest BCUT2D eigenvalue weighted by Crippen LogP contribution is 2.11. The molecule has 1 heterocycles. The molecule has 2 heteroatoms. The molecular weight excluding hydrogens is 184 g/mol. The van der Waals surface area contributed by atoms with Gasteiger partial charge in [-0.3, -0.25) is 9.80 Å². The molecule has 1 fully saturated rings. The minimum atomic E-state index is 0.539. The van der Waals surface area contributed by atoms with E-state index in [9.17, 15) is 0 Å². The highest BCUT2D eigenvalue weighted by Gasteiger charge is 2.22. The third kappa shape index (κ3) is 3.49. The van der Waals surface area contributed by atoms with Crippen LogP contribution < -0.4 is 0 Å². The van der Waals surface area contributed by atoms with E-state index >= 15 is 0 Å². The van der Waals surface area contributed by atoms with Crippen LogP contribution in [0.1, 0.15) is 27.2 Å². The first-order valence-corrected chi connectivity index (χ1v) is 6.03. The van der Waals surface area contributed by atoms with Crippen LogP contribution in [0.5, 0.6) is 0 Å². The molecule has 1 saturated heterocycles. The number of hydrogen-bond donors (Lipinski definition) is 0. The first kappa shape index (κ1) is 12.5. The van der Waals surface area contributed by atoms with Crippen molar-refractivity contribution in [3.63, 3.8) is 0 Å². The zero-order valence-corrected chi connectivity index (χ0v) is 10.4. The van der Waals surface area contributed by atoms with Gasteiger partial charge in [-0.15, -0.1) is 5.73 Å². The van der Waals surface area contributed by atoms with Gasteiger partial charge in [-0.25, -0.2) is 0 Å². The fourth-order valence-electron chi connectivity index (χ4n) is 2.20. The standard InChI is InChI=1S/C13H24N2/c1-5-7-13(6-2)15-10-8-14(9-11-15)12(3)4/h7,12-13H,1,6,8-11H2,2-4H3. The summed E-state index contributed by atoms with van der Waals surface area (Å²) in [5.74, 6) is 0. The topological polar surface area (TPSA) is 6.48 Å². The van der Waals surface area contributed by atoms with Crippen LogP contribution in [-0.2, 0) is 0 Å². The van der Waals surface area contributed by atoms with Crippen molar-refractivity contribution < 1.29 is 0 Å². The molecular formula is C13H24N2. The first-order valence-electron chi connectivity index (χ1n) is 6.03. The van der Waals surface area contributed by atoms with Gasteiger partial charge in [0.2, 0.25) is 0 Å². The number of nitrogens with zero attached hydrogens (tertiary/aromatic N) is 2. The highest BCUT2D eigenvalue weighted by atomic mass is 15.3. The van der Waals surface area contributed by atoms with Crippen molar-refractivity contribution in [1.82, 2.24) is 9.80 Å².